The van der Waals surface area contributed by atoms with Gasteiger partial charge in [-0.2, -0.15) is 0 Å². The fourth-order valence-electron chi connectivity index (χ4n) is 3.12. The van der Waals surface area contributed by atoms with E-state index < -0.39 is 0 Å². The third-order valence-electron chi connectivity index (χ3n) is 3.98. The van der Waals surface area contributed by atoms with Crippen molar-refractivity contribution in [3.63, 3.8) is 0 Å². The first-order valence-electron chi connectivity index (χ1n) is 6.65. The highest BCUT2D eigenvalue weighted by atomic mass is 16.5. The summed E-state index contributed by atoms with van der Waals surface area (Å²) in [5, 5.41) is 0. The molecule has 2 aromatic carbocycles. The molecule has 2 aliphatic heterocycles. The van der Waals surface area contributed by atoms with Crippen LogP contribution in [0.3, 0.4) is 0 Å². The number of furan rings is 1. The second kappa shape index (κ2) is 3.48. The summed E-state index contributed by atoms with van der Waals surface area (Å²) < 4.78 is 11.9. The summed E-state index contributed by atoms with van der Waals surface area (Å²) in [5.74, 6) is 1.76. The van der Waals surface area contributed by atoms with E-state index in [1.165, 1.54) is 11.0 Å². The van der Waals surface area contributed by atoms with Crippen molar-refractivity contribution >= 4 is 24.1 Å². The van der Waals surface area contributed by atoms with Crippen LogP contribution < -0.4 is 14.9 Å². The Morgan fingerprint density at radius 1 is 0.850 bits per heavy atom. The van der Waals surface area contributed by atoms with Gasteiger partial charge in [0.1, 0.15) is 5.75 Å². The minimum absolute atomic E-state index is 0.137. The lowest BCUT2D eigenvalue weighted by Crippen LogP contribution is -2.50. The van der Waals surface area contributed by atoms with Crippen molar-refractivity contribution in [1.29, 1.82) is 0 Å². The molecule has 0 aliphatic carbocycles. The molecule has 0 spiro atoms. The van der Waals surface area contributed by atoms with Crippen LogP contribution in [0.5, 0.6) is 5.75 Å². The zero-order valence-electron chi connectivity index (χ0n) is 10.6. The number of rotatable bonds is 0. The average Bonchev–Trinajstić information content (AvgIpc) is 3.11. The Morgan fingerprint density at radius 2 is 1.70 bits per heavy atom. The second-order valence-electron chi connectivity index (χ2n) is 5.03. The van der Waals surface area contributed by atoms with E-state index in [-0.39, 0.29) is 7.05 Å². The molecule has 0 atom stereocenters. The Balaban J connectivity index is 1.84. The van der Waals surface area contributed by atoms with Crippen molar-refractivity contribution in [2.45, 2.75) is 0 Å². The third kappa shape index (κ3) is 1.12. The average molecular weight is 259 g/mol. The normalized spacial score (nSPS) is 14.2. The van der Waals surface area contributed by atoms with Gasteiger partial charge in [-0.25, -0.2) is 0 Å². The van der Waals surface area contributed by atoms with Crippen molar-refractivity contribution in [2.24, 2.45) is 0 Å². The van der Waals surface area contributed by atoms with Crippen LogP contribution in [0.4, 0.5) is 11.6 Å². The molecule has 3 aromatic rings. The monoisotopic (exact) mass is 259 g/mol. The SMILES string of the molecule is c1ccc2c(c1)OB1c3ccccc3-c3ccoc3N12. The van der Waals surface area contributed by atoms with E-state index in [1.54, 1.807) is 6.26 Å². The van der Waals surface area contributed by atoms with Gasteiger partial charge in [0.25, 0.3) is 0 Å². The zero-order chi connectivity index (χ0) is 13.1. The molecule has 2 aliphatic rings. The van der Waals surface area contributed by atoms with Gasteiger partial charge in [0.15, 0.2) is 5.88 Å². The van der Waals surface area contributed by atoms with Gasteiger partial charge in [-0.05, 0) is 29.2 Å². The van der Waals surface area contributed by atoms with E-state index in [2.05, 4.69) is 29.1 Å². The van der Waals surface area contributed by atoms with Gasteiger partial charge in [0, 0.05) is 5.56 Å². The Kier molecular flexibility index (Phi) is 1.78. The Bertz CT molecular complexity index is 827. The van der Waals surface area contributed by atoms with Crippen LogP contribution in [0.2, 0.25) is 0 Å². The molecule has 3 heterocycles. The van der Waals surface area contributed by atoms with Gasteiger partial charge in [-0.3, -0.25) is 0 Å². The Morgan fingerprint density at radius 3 is 2.70 bits per heavy atom. The number of nitrogens with zero attached hydrogens (tertiary/aromatic N) is 1. The molecule has 1 aromatic heterocycles. The molecule has 5 rings (SSSR count). The molecule has 0 bridgehead atoms. The van der Waals surface area contributed by atoms with Crippen molar-refractivity contribution in [3.8, 4) is 16.9 Å². The molecule has 0 saturated carbocycles. The lowest BCUT2D eigenvalue weighted by atomic mass is 9.66. The number of anilines is 2. The van der Waals surface area contributed by atoms with Gasteiger partial charge >= 0.3 is 7.05 Å². The summed E-state index contributed by atoms with van der Waals surface area (Å²) in [4.78, 5) is 2.13. The van der Waals surface area contributed by atoms with Crippen LogP contribution in [-0.2, 0) is 0 Å². The van der Waals surface area contributed by atoms with Crippen molar-refractivity contribution in [3.05, 3.63) is 60.9 Å². The van der Waals surface area contributed by atoms with Crippen LogP contribution in [0.15, 0.2) is 65.3 Å². The Labute approximate surface area is 116 Å². The first-order valence-corrected chi connectivity index (χ1v) is 6.65. The predicted molar refractivity (Wildman–Crippen MR) is 78.7 cm³/mol. The fourth-order valence-corrected chi connectivity index (χ4v) is 3.12. The van der Waals surface area contributed by atoms with E-state index in [0.717, 1.165) is 22.9 Å². The standard InChI is InChI=1S/C16H10BNO2/c1-2-6-13-11(5-1)12-9-10-19-16(12)18-14-7-3-4-8-15(14)20-17(13)18/h1-10H. The number of para-hydroxylation sites is 2. The lowest BCUT2D eigenvalue weighted by Gasteiger charge is -2.27. The molecule has 3 nitrogen and oxygen atoms in total. The van der Waals surface area contributed by atoms with Crippen molar-refractivity contribution in [2.75, 3.05) is 4.81 Å². The van der Waals surface area contributed by atoms with E-state index in [9.17, 15) is 0 Å². The van der Waals surface area contributed by atoms with Gasteiger partial charge < -0.3 is 13.9 Å². The third-order valence-corrected chi connectivity index (χ3v) is 3.98. The van der Waals surface area contributed by atoms with Gasteiger partial charge in [-0.1, -0.05) is 36.4 Å². The quantitative estimate of drug-likeness (QED) is 0.580. The minimum atomic E-state index is -0.137. The maximum absolute atomic E-state index is 6.13. The van der Waals surface area contributed by atoms with E-state index in [0.29, 0.717) is 0 Å². The highest BCUT2D eigenvalue weighted by Gasteiger charge is 2.46. The molecule has 0 unspecified atom stereocenters. The van der Waals surface area contributed by atoms with Gasteiger partial charge in [-0.15, -0.1) is 0 Å². The summed E-state index contributed by atoms with van der Waals surface area (Å²) >= 11 is 0. The van der Waals surface area contributed by atoms with Gasteiger partial charge in [0.05, 0.1) is 12.0 Å². The van der Waals surface area contributed by atoms with Crippen LogP contribution in [0, 0.1) is 0 Å². The number of hydrogen-bond donors (Lipinski definition) is 0. The van der Waals surface area contributed by atoms with Crippen LogP contribution in [-0.4, -0.2) is 7.05 Å². The topological polar surface area (TPSA) is 25.6 Å². The highest BCUT2D eigenvalue weighted by molar-refractivity contribution is 6.76. The molecule has 0 saturated heterocycles. The largest absolute Gasteiger partial charge is 0.536 e. The van der Waals surface area contributed by atoms with Gasteiger partial charge in [0.2, 0.25) is 0 Å². The lowest BCUT2D eigenvalue weighted by molar-refractivity contribution is 0.569. The number of hydrogen-bond acceptors (Lipinski definition) is 3. The number of fused-ring (bicyclic) bond motifs is 8. The van der Waals surface area contributed by atoms with Crippen LogP contribution >= 0.6 is 0 Å². The molecule has 0 fully saturated rings. The van der Waals surface area contributed by atoms with E-state index in [1.807, 2.05) is 30.3 Å². The number of benzene rings is 2. The Hall–Kier alpha value is -2.62. The van der Waals surface area contributed by atoms with E-state index in [4.69, 9.17) is 9.07 Å². The molecule has 0 radical (unpaired) electrons. The predicted octanol–water partition coefficient (Wildman–Crippen LogP) is 3.19. The molecular formula is C16H10BNO2. The summed E-state index contributed by atoms with van der Waals surface area (Å²) in [6.07, 6.45) is 1.74. The molecular weight excluding hydrogens is 249 g/mol. The smallest absolute Gasteiger partial charge is 0.527 e. The van der Waals surface area contributed by atoms with E-state index >= 15 is 0 Å². The zero-order valence-corrected chi connectivity index (χ0v) is 10.6. The summed E-state index contributed by atoms with van der Waals surface area (Å²) in [6, 6.07) is 18.4. The first kappa shape index (κ1) is 10.2. The summed E-state index contributed by atoms with van der Waals surface area (Å²) in [6.45, 7) is 0. The molecule has 94 valence electrons. The van der Waals surface area contributed by atoms with Crippen molar-refractivity contribution < 1.29 is 9.07 Å². The van der Waals surface area contributed by atoms with Crippen molar-refractivity contribution in [1.82, 2.24) is 0 Å². The molecule has 0 amide bonds. The maximum atomic E-state index is 6.13. The van der Waals surface area contributed by atoms with Crippen LogP contribution in [0.1, 0.15) is 0 Å². The second-order valence-corrected chi connectivity index (χ2v) is 5.03. The maximum Gasteiger partial charge on any atom is 0.527 e. The summed E-state index contributed by atoms with van der Waals surface area (Å²) in [5.41, 5.74) is 4.54. The molecule has 4 heteroatoms. The highest BCUT2D eigenvalue weighted by Crippen LogP contribution is 2.47. The minimum Gasteiger partial charge on any atom is -0.536 e. The first-order chi connectivity index (χ1) is 9.93. The molecule has 20 heavy (non-hydrogen) atoms. The fraction of sp³-hybridized carbons (Fsp3) is 0. The summed E-state index contributed by atoms with van der Waals surface area (Å²) in [7, 11) is -0.137. The molecule has 0 N–H and O–H groups in total. The van der Waals surface area contributed by atoms with Crippen LogP contribution in [0.25, 0.3) is 11.1 Å².